The third kappa shape index (κ3) is 3.67. The van der Waals surface area contributed by atoms with Crippen LogP contribution in [0, 0.1) is 0 Å². The maximum Gasteiger partial charge on any atom is 0.324 e. The molecule has 0 bridgehead atoms. The van der Waals surface area contributed by atoms with E-state index >= 15 is 0 Å². The highest BCUT2D eigenvalue weighted by Gasteiger charge is 2.58. The lowest BCUT2D eigenvalue weighted by Gasteiger charge is -2.33. The van der Waals surface area contributed by atoms with Crippen molar-refractivity contribution in [2.24, 2.45) is 0 Å². The Labute approximate surface area is 227 Å². The molecule has 1 atom stereocenters. The number of anilines is 1. The van der Waals surface area contributed by atoms with Crippen molar-refractivity contribution >= 4 is 34.8 Å². The molecule has 3 aliphatic heterocycles. The molecule has 2 fully saturated rings. The zero-order valence-corrected chi connectivity index (χ0v) is 21.5. The monoisotopic (exact) mass is 540 g/mol. The molecule has 12 heteroatoms. The fraction of sp³-hybridized carbons (Fsp3) is 0.250. The van der Waals surface area contributed by atoms with E-state index in [1.54, 1.807) is 42.6 Å². The molecule has 202 valence electrons. The number of imide groups is 1. The number of carbonyl (C=O) groups is 3. The second-order valence-electron chi connectivity index (χ2n) is 9.73. The third-order valence-corrected chi connectivity index (χ3v) is 7.48. The Balaban J connectivity index is 1.25. The van der Waals surface area contributed by atoms with Crippen LogP contribution in [-0.2, 0) is 21.7 Å². The molecule has 40 heavy (non-hydrogen) atoms. The van der Waals surface area contributed by atoms with Gasteiger partial charge in [-0.15, -0.1) is 0 Å². The lowest BCUT2D eigenvalue weighted by atomic mass is 10.0. The normalized spacial score (nSPS) is 20.6. The molecule has 3 aromatic heterocycles. The van der Waals surface area contributed by atoms with Gasteiger partial charge in [-0.1, -0.05) is 6.07 Å². The van der Waals surface area contributed by atoms with E-state index in [2.05, 4.69) is 20.5 Å². The van der Waals surface area contributed by atoms with Gasteiger partial charge in [-0.25, -0.2) is 14.8 Å². The second-order valence-corrected chi connectivity index (χ2v) is 9.73. The first-order valence-corrected chi connectivity index (χ1v) is 12.8. The number of fused-ring (bicyclic) bond motifs is 2. The summed E-state index contributed by atoms with van der Waals surface area (Å²) in [5.41, 5.74) is 1.53. The lowest BCUT2D eigenvalue weighted by molar-refractivity contribution is -0.131. The maximum absolute atomic E-state index is 13.5. The number of hydrogen-bond donors (Lipinski definition) is 2. The summed E-state index contributed by atoms with van der Waals surface area (Å²) in [6.07, 6.45) is 1.76. The Morgan fingerprint density at radius 2 is 1.88 bits per heavy atom. The van der Waals surface area contributed by atoms with Crippen LogP contribution in [0.4, 0.5) is 10.6 Å². The molecule has 2 N–H and O–H groups in total. The van der Waals surface area contributed by atoms with Crippen LogP contribution >= 0.6 is 0 Å². The van der Waals surface area contributed by atoms with Crippen LogP contribution in [0.1, 0.15) is 21.7 Å². The van der Waals surface area contributed by atoms with Crippen molar-refractivity contribution in [1.82, 2.24) is 25.5 Å². The van der Waals surface area contributed by atoms with Crippen LogP contribution in [0.25, 0.3) is 22.4 Å². The minimum Gasteiger partial charge on any atom is -0.497 e. The summed E-state index contributed by atoms with van der Waals surface area (Å²) in [5, 5.41) is 4.90. The van der Waals surface area contributed by atoms with Gasteiger partial charge in [0.2, 0.25) is 0 Å². The number of benzene rings is 1. The minimum atomic E-state index is -1.89. The van der Waals surface area contributed by atoms with Crippen molar-refractivity contribution < 1.29 is 28.3 Å². The van der Waals surface area contributed by atoms with Crippen LogP contribution in [0.2, 0.25) is 0 Å². The van der Waals surface area contributed by atoms with E-state index in [9.17, 15) is 14.4 Å². The molecule has 4 aromatic rings. The number of ether oxygens (including phenoxy) is 2. The molecule has 12 nitrogen and oxygen atoms in total. The quantitative estimate of drug-likeness (QED) is 0.365. The molecule has 4 amide bonds. The van der Waals surface area contributed by atoms with E-state index in [1.165, 1.54) is 12.0 Å². The van der Waals surface area contributed by atoms with Crippen molar-refractivity contribution in [3.63, 3.8) is 0 Å². The van der Waals surface area contributed by atoms with Gasteiger partial charge in [0, 0.05) is 36.5 Å². The number of furan rings is 1. The molecule has 0 radical (unpaired) electrons. The van der Waals surface area contributed by atoms with Crippen LogP contribution in [0.15, 0.2) is 59.1 Å². The first kappa shape index (κ1) is 24.1. The Kier molecular flexibility index (Phi) is 5.46. The number of amides is 4. The summed E-state index contributed by atoms with van der Waals surface area (Å²) in [6, 6.07) is 13.4. The van der Waals surface area contributed by atoms with Gasteiger partial charge in [0.1, 0.15) is 17.1 Å². The molecular formula is C28H24N6O6. The van der Waals surface area contributed by atoms with Crippen molar-refractivity contribution in [2.45, 2.75) is 12.2 Å². The molecule has 0 spiro atoms. The van der Waals surface area contributed by atoms with Crippen molar-refractivity contribution in [1.29, 1.82) is 0 Å². The summed E-state index contributed by atoms with van der Waals surface area (Å²) in [5.74, 6) is 0.303. The van der Waals surface area contributed by atoms with E-state index in [-0.39, 0.29) is 12.3 Å². The van der Waals surface area contributed by atoms with Crippen molar-refractivity contribution in [3.8, 4) is 17.0 Å². The number of aromatic nitrogens is 2. The third-order valence-electron chi connectivity index (χ3n) is 7.48. The molecular weight excluding hydrogens is 516 g/mol. The Bertz CT molecular complexity index is 1680. The average molecular weight is 541 g/mol. The first-order chi connectivity index (χ1) is 19.5. The highest BCUT2D eigenvalue weighted by atomic mass is 16.5. The number of pyridine rings is 2. The smallest absolute Gasteiger partial charge is 0.324 e. The van der Waals surface area contributed by atoms with Crippen LogP contribution in [0.3, 0.4) is 0 Å². The minimum absolute atomic E-state index is 0.0735. The SMILES string of the molecule is COc1ccc2c(c1)C(=O)N([C@@]1(c3cc4nc(-c5ccc(N6CCOCC6)nc5)ccc4o3)NC(=O)NC1=O)C2. The average Bonchev–Trinajstić information content (AvgIpc) is 3.66. The topological polar surface area (TPSA) is 139 Å². The summed E-state index contributed by atoms with van der Waals surface area (Å²) in [6.45, 7) is 3.01. The van der Waals surface area contributed by atoms with Gasteiger partial charge >= 0.3 is 6.03 Å². The number of morpholine rings is 1. The molecule has 3 aliphatic rings. The van der Waals surface area contributed by atoms with Gasteiger partial charge < -0.3 is 24.1 Å². The molecule has 0 aliphatic carbocycles. The fourth-order valence-electron chi connectivity index (χ4n) is 5.40. The number of nitrogens with one attached hydrogen (secondary N) is 2. The standard InChI is InChI=1S/C28H24N6O6/c1-38-18-4-2-17-15-34(25(35)19(17)12-18)28(26(36)31-27(37)32-28)23-13-21-22(40-23)6-5-20(30-21)16-3-7-24(29-14-16)33-8-10-39-11-9-33/h2-7,12-14H,8-11,15H2,1H3,(H2,31,32,36,37)/t28-/m1/s1. The molecule has 1 aromatic carbocycles. The van der Waals surface area contributed by atoms with Crippen LogP contribution in [-0.4, -0.2) is 66.1 Å². The summed E-state index contributed by atoms with van der Waals surface area (Å²) >= 11 is 0. The Morgan fingerprint density at radius 3 is 2.60 bits per heavy atom. The summed E-state index contributed by atoms with van der Waals surface area (Å²) in [4.78, 5) is 52.1. The van der Waals surface area contributed by atoms with E-state index in [0.29, 0.717) is 46.9 Å². The molecule has 2 saturated heterocycles. The molecule has 6 heterocycles. The largest absolute Gasteiger partial charge is 0.497 e. The fourth-order valence-corrected chi connectivity index (χ4v) is 5.40. The van der Waals surface area contributed by atoms with E-state index in [4.69, 9.17) is 18.9 Å². The Morgan fingerprint density at radius 1 is 1.02 bits per heavy atom. The number of rotatable bonds is 5. The van der Waals surface area contributed by atoms with Crippen LogP contribution in [0.5, 0.6) is 5.75 Å². The van der Waals surface area contributed by atoms with E-state index < -0.39 is 23.5 Å². The summed E-state index contributed by atoms with van der Waals surface area (Å²) in [7, 11) is 1.51. The first-order valence-electron chi connectivity index (χ1n) is 12.8. The van der Waals surface area contributed by atoms with Crippen molar-refractivity contribution in [3.05, 3.63) is 71.6 Å². The van der Waals surface area contributed by atoms with Crippen molar-refractivity contribution in [2.75, 3.05) is 38.3 Å². The van der Waals surface area contributed by atoms with Crippen LogP contribution < -0.4 is 20.3 Å². The van der Waals surface area contributed by atoms with E-state index in [1.807, 2.05) is 12.1 Å². The van der Waals surface area contributed by atoms with Gasteiger partial charge in [0.25, 0.3) is 17.5 Å². The highest BCUT2D eigenvalue weighted by Crippen LogP contribution is 2.39. The van der Waals surface area contributed by atoms with E-state index in [0.717, 1.165) is 24.5 Å². The zero-order chi connectivity index (χ0) is 27.4. The van der Waals surface area contributed by atoms with Gasteiger partial charge in [-0.05, 0) is 42.0 Å². The number of methoxy groups -OCH3 is 1. The number of urea groups is 1. The zero-order valence-electron chi connectivity index (χ0n) is 21.5. The highest BCUT2D eigenvalue weighted by molar-refractivity contribution is 6.11. The number of nitrogens with zero attached hydrogens (tertiary/aromatic N) is 4. The second kappa shape index (κ2) is 9.06. The number of carbonyl (C=O) groups excluding carboxylic acids is 3. The molecule has 0 saturated carbocycles. The predicted octanol–water partition coefficient (Wildman–Crippen LogP) is 2.38. The maximum atomic E-state index is 13.5. The molecule has 0 unspecified atom stereocenters. The van der Waals surface area contributed by atoms with Gasteiger partial charge in [-0.2, -0.15) is 0 Å². The Hall–Kier alpha value is -4.97. The van der Waals surface area contributed by atoms with Gasteiger partial charge in [0.15, 0.2) is 11.3 Å². The predicted molar refractivity (Wildman–Crippen MR) is 141 cm³/mol. The molecule has 7 rings (SSSR count). The lowest BCUT2D eigenvalue weighted by Crippen LogP contribution is -2.57. The summed E-state index contributed by atoms with van der Waals surface area (Å²) < 4.78 is 16.8. The van der Waals surface area contributed by atoms with Gasteiger partial charge in [-0.3, -0.25) is 19.8 Å². The number of hydrogen-bond acceptors (Lipinski definition) is 9. The van der Waals surface area contributed by atoms with Gasteiger partial charge in [0.05, 0.1) is 32.6 Å².